The Hall–Kier alpha value is -3.33. The summed E-state index contributed by atoms with van der Waals surface area (Å²) in [5.41, 5.74) is -0.781. The summed E-state index contributed by atoms with van der Waals surface area (Å²) in [7, 11) is 0. The van der Waals surface area contributed by atoms with Gasteiger partial charge in [0.15, 0.2) is 5.41 Å². The van der Waals surface area contributed by atoms with E-state index in [-0.39, 0.29) is 5.75 Å². The number of ether oxygens (including phenoxy) is 3. The highest BCUT2D eigenvalue weighted by Gasteiger charge is 2.34. The number of esters is 2. The molecule has 1 atom stereocenters. The third-order valence-electron chi connectivity index (χ3n) is 5.55. The Balaban J connectivity index is 1.82. The maximum Gasteiger partial charge on any atom is 0.343 e. The van der Waals surface area contributed by atoms with E-state index in [9.17, 15) is 14.9 Å². The molecule has 34 heavy (non-hydrogen) atoms. The standard InChI is InChI=1S/C28H35NO5/c1-4-6-7-8-9-10-20-32-23-13-11-22(12-14-23)26(30)33-24-15-17-25(18-16-24)34-27(31)28(3,21-29)19-5-2/h11-18H,4-10,19-20H2,1-3H3. The lowest BCUT2D eigenvalue weighted by molar-refractivity contribution is -0.142. The molecule has 0 radical (unpaired) electrons. The van der Waals surface area contributed by atoms with Crippen molar-refractivity contribution >= 4 is 11.9 Å². The lowest BCUT2D eigenvalue weighted by Crippen LogP contribution is -2.30. The van der Waals surface area contributed by atoms with Gasteiger partial charge in [-0.3, -0.25) is 0 Å². The van der Waals surface area contributed by atoms with Gasteiger partial charge in [0.25, 0.3) is 0 Å². The van der Waals surface area contributed by atoms with Crippen molar-refractivity contribution in [1.29, 1.82) is 5.26 Å². The molecule has 182 valence electrons. The smallest absolute Gasteiger partial charge is 0.343 e. The Morgan fingerprint density at radius 2 is 1.35 bits per heavy atom. The van der Waals surface area contributed by atoms with Gasteiger partial charge in [-0.05, 0) is 68.3 Å². The van der Waals surface area contributed by atoms with E-state index in [0.29, 0.717) is 30.8 Å². The first-order valence-corrected chi connectivity index (χ1v) is 12.1. The molecule has 6 nitrogen and oxygen atoms in total. The first-order valence-electron chi connectivity index (χ1n) is 12.1. The summed E-state index contributed by atoms with van der Waals surface area (Å²) in [6, 6.07) is 15.0. The summed E-state index contributed by atoms with van der Waals surface area (Å²) in [6.45, 7) is 6.35. The fourth-order valence-electron chi connectivity index (χ4n) is 3.42. The second-order valence-corrected chi connectivity index (χ2v) is 8.58. The number of hydrogen-bond acceptors (Lipinski definition) is 6. The minimum Gasteiger partial charge on any atom is -0.494 e. The van der Waals surface area contributed by atoms with Crippen molar-refractivity contribution in [2.75, 3.05) is 6.61 Å². The molecular weight excluding hydrogens is 430 g/mol. The number of carbonyl (C=O) groups excluding carboxylic acids is 2. The summed E-state index contributed by atoms with van der Waals surface area (Å²) in [5.74, 6) is 0.246. The fraction of sp³-hybridized carbons (Fsp3) is 0.464. The summed E-state index contributed by atoms with van der Waals surface area (Å²) in [6.07, 6.45) is 8.35. The van der Waals surface area contributed by atoms with Crippen LogP contribution in [0.5, 0.6) is 17.2 Å². The molecule has 0 bridgehead atoms. The van der Waals surface area contributed by atoms with Gasteiger partial charge in [0, 0.05) is 0 Å². The van der Waals surface area contributed by atoms with E-state index < -0.39 is 17.4 Å². The number of nitriles is 1. The van der Waals surface area contributed by atoms with Crippen LogP contribution in [0, 0.1) is 16.7 Å². The number of carbonyl (C=O) groups is 2. The van der Waals surface area contributed by atoms with Crippen LogP contribution in [0.4, 0.5) is 0 Å². The highest BCUT2D eigenvalue weighted by atomic mass is 16.5. The molecule has 2 aromatic rings. The van der Waals surface area contributed by atoms with Gasteiger partial charge in [0.1, 0.15) is 17.2 Å². The van der Waals surface area contributed by atoms with Crippen LogP contribution in [0.2, 0.25) is 0 Å². The molecule has 0 aliphatic heterocycles. The molecule has 6 heteroatoms. The highest BCUT2D eigenvalue weighted by molar-refractivity contribution is 5.91. The lowest BCUT2D eigenvalue weighted by Gasteiger charge is -2.18. The minimum atomic E-state index is -1.19. The summed E-state index contributed by atoms with van der Waals surface area (Å²) >= 11 is 0. The average molecular weight is 466 g/mol. The van der Waals surface area contributed by atoms with Gasteiger partial charge < -0.3 is 14.2 Å². The summed E-state index contributed by atoms with van der Waals surface area (Å²) in [5, 5.41) is 9.31. The minimum absolute atomic E-state index is 0.286. The topological polar surface area (TPSA) is 85.6 Å². The highest BCUT2D eigenvalue weighted by Crippen LogP contribution is 2.27. The van der Waals surface area contributed by atoms with Crippen molar-refractivity contribution in [2.45, 2.75) is 72.1 Å². The Morgan fingerprint density at radius 1 is 0.794 bits per heavy atom. The van der Waals surface area contributed by atoms with Crippen LogP contribution in [0.25, 0.3) is 0 Å². The van der Waals surface area contributed by atoms with Gasteiger partial charge in [-0.25, -0.2) is 9.59 Å². The van der Waals surface area contributed by atoms with E-state index in [1.165, 1.54) is 44.2 Å². The monoisotopic (exact) mass is 465 g/mol. The van der Waals surface area contributed by atoms with Crippen molar-refractivity contribution in [3.05, 3.63) is 54.1 Å². The molecule has 0 fully saturated rings. The molecular formula is C28H35NO5. The van der Waals surface area contributed by atoms with Crippen molar-refractivity contribution < 1.29 is 23.8 Å². The Bertz CT molecular complexity index is 946. The van der Waals surface area contributed by atoms with E-state index in [2.05, 4.69) is 6.92 Å². The maximum atomic E-state index is 12.4. The number of nitrogens with zero attached hydrogens (tertiary/aromatic N) is 1. The van der Waals surface area contributed by atoms with Crippen LogP contribution in [0.1, 0.15) is 82.5 Å². The van der Waals surface area contributed by atoms with Crippen LogP contribution in [0.3, 0.4) is 0 Å². The van der Waals surface area contributed by atoms with Gasteiger partial charge in [-0.2, -0.15) is 5.26 Å². The number of benzene rings is 2. The number of hydrogen-bond donors (Lipinski definition) is 0. The predicted octanol–water partition coefficient (Wildman–Crippen LogP) is 6.88. The molecule has 0 aliphatic rings. The first kappa shape index (κ1) is 26.9. The van der Waals surface area contributed by atoms with Gasteiger partial charge in [0.05, 0.1) is 18.2 Å². The summed E-state index contributed by atoms with van der Waals surface area (Å²) < 4.78 is 16.5. The van der Waals surface area contributed by atoms with Gasteiger partial charge in [0.2, 0.25) is 0 Å². The molecule has 0 saturated carbocycles. The third-order valence-corrected chi connectivity index (χ3v) is 5.55. The molecule has 0 amide bonds. The Morgan fingerprint density at radius 3 is 1.94 bits per heavy atom. The molecule has 0 spiro atoms. The first-order chi connectivity index (χ1) is 16.4. The Kier molecular flexibility index (Phi) is 11.1. The second kappa shape index (κ2) is 14.0. The van der Waals surface area contributed by atoms with Crippen LogP contribution in [-0.2, 0) is 4.79 Å². The molecule has 2 aromatic carbocycles. The molecule has 0 saturated heterocycles. The Labute approximate surface area is 202 Å². The molecule has 0 aliphatic carbocycles. The van der Waals surface area contributed by atoms with Gasteiger partial charge in [-0.15, -0.1) is 0 Å². The number of unbranched alkanes of at least 4 members (excludes halogenated alkanes) is 5. The van der Waals surface area contributed by atoms with Crippen molar-refractivity contribution in [3.63, 3.8) is 0 Å². The molecule has 0 aromatic heterocycles. The average Bonchev–Trinajstić information content (AvgIpc) is 2.85. The second-order valence-electron chi connectivity index (χ2n) is 8.58. The SMILES string of the molecule is CCCCCCCCOc1ccc(C(=O)Oc2ccc(OC(=O)C(C)(C#N)CCC)cc2)cc1. The zero-order chi connectivity index (χ0) is 24.8. The molecule has 0 N–H and O–H groups in total. The van der Waals surface area contributed by atoms with Crippen molar-refractivity contribution in [1.82, 2.24) is 0 Å². The normalized spacial score (nSPS) is 12.3. The third kappa shape index (κ3) is 8.55. The van der Waals surface area contributed by atoms with Crippen LogP contribution in [0.15, 0.2) is 48.5 Å². The van der Waals surface area contributed by atoms with E-state index in [4.69, 9.17) is 14.2 Å². The van der Waals surface area contributed by atoms with E-state index in [0.717, 1.165) is 12.2 Å². The van der Waals surface area contributed by atoms with Gasteiger partial charge >= 0.3 is 11.9 Å². The maximum absolute atomic E-state index is 12.4. The lowest BCUT2D eigenvalue weighted by atomic mass is 9.87. The zero-order valence-electron chi connectivity index (χ0n) is 20.5. The van der Waals surface area contributed by atoms with E-state index in [1.54, 1.807) is 43.3 Å². The van der Waals surface area contributed by atoms with Crippen LogP contribution >= 0.6 is 0 Å². The molecule has 0 heterocycles. The number of rotatable bonds is 14. The van der Waals surface area contributed by atoms with Gasteiger partial charge in [-0.1, -0.05) is 52.4 Å². The largest absolute Gasteiger partial charge is 0.494 e. The van der Waals surface area contributed by atoms with E-state index >= 15 is 0 Å². The molecule has 2 rings (SSSR count). The van der Waals surface area contributed by atoms with Crippen molar-refractivity contribution in [3.8, 4) is 23.3 Å². The zero-order valence-corrected chi connectivity index (χ0v) is 20.5. The summed E-state index contributed by atoms with van der Waals surface area (Å²) in [4.78, 5) is 24.8. The quantitative estimate of drug-likeness (QED) is 0.172. The predicted molar refractivity (Wildman–Crippen MR) is 131 cm³/mol. The van der Waals surface area contributed by atoms with Crippen LogP contribution in [-0.4, -0.2) is 18.5 Å². The fourth-order valence-corrected chi connectivity index (χ4v) is 3.42. The van der Waals surface area contributed by atoms with E-state index in [1.807, 2.05) is 13.0 Å². The van der Waals surface area contributed by atoms with Crippen LogP contribution < -0.4 is 14.2 Å². The van der Waals surface area contributed by atoms with Crippen molar-refractivity contribution in [2.24, 2.45) is 5.41 Å². The molecule has 1 unspecified atom stereocenters.